The van der Waals surface area contributed by atoms with Crippen LogP contribution >= 0.6 is 35.3 Å². The van der Waals surface area contributed by atoms with Crippen LogP contribution in [0, 0.1) is 5.41 Å². The van der Waals surface area contributed by atoms with Crippen molar-refractivity contribution < 1.29 is 4.74 Å². The van der Waals surface area contributed by atoms with Crippen molar-refractivity contribution in [1.29, 1.82) is 0 Å². The lowest BCUT2D eigenvalue weighted by molar-refractivity contribution is 0.105. The van der Waals surface area contributed by atoms with Crippen molar-refractivity contribution >= 4 is 41.3 Å². The lowest BCUT2D eigenvalue weighted by Crippen LogP contribution is -2.43. The molecule has 1 fully saturated rings. The van der Waals surface area contributed by atoms with Gasteiger partial charge in [0.1, 0.15) is 0 Å². The van der Waals surface area contributed by atoms with E-state index in [0.717, 1.165) is 45.2 Å². The van der Waals surface area contributed by atoms with Gasteiger partial charge in [-0.1, -0.05) is 12.8 Å². The molecular weight excluding hydrogens is 433 g/mol. The predicted molar refractivity (Wildman–Crippen MR) is 115 cm³/mol. The number of aliphatic imine (C=N–C) groups is 1. The van der Waals surface area contributed by atoms with Crippen LogP contribution in [0.2, 0.25) is 0 Å². The molecule has 2 N–H and O–H groups in total. The first-order valence-electron chi connectivity index (χ1n) is 8.89. The van der Waals surface area contributed by atoms with Crippen LogP contribution in [0.15, 0.2) is 21.8 Å². The predicted octanol–water partition coefficient (Wildman–Crippen LogP) is 4.41. The quantitative estimate of drug-likeness (QED) is 0.246. The Hall–Kier alpha value is -0.340. The van der Waals surface area contributed by atoms with Crippen molar-refractivity contribution in [3.05, 3.63) is 22.4 Å². The second-order valence-corrected chi connectivity index (χ2v) is 7.11. The molecule has 24 heavy (non-hydrogen) atoms. The highest BCUT2D eigenvalue weighted by Gasteiger charge is 2.33. The second kappa shape index (κ2) is 12.1. The van der Waals surface area contributed by atoms with Crippen molar-refractivity contribution in [1.82, 2.24) is 10.6 Å². The van der Waals surface area contributed by atoms with E-state index in [-0.39, 0.29) is 24.0 Å². The number of ether oxygens (including phenoxy) is 1. The van der Waals surface area contributed by atoms with Gasteiger partial charge in [0.05, 0.1) is 6.54 Å². The Balaban J connectivity index is 0.00000288. The van der Waals surface area contributed by atoms with Crippen molar-refractivity contribution in [2.45, 2.75) is 52.5 Å². The third-order valence-corrected chi connectivity index (χ3v) is 5.35. The van der Waals surface area contributed by atoms with Gasteiger partial charge in [0.15, 0.2) is 5.96 Å². The summed E-state index contributed by atoms with van der Waals surface area (Å²) in [6.07, 6.45) is 6.44. The minimum atomic E-state index is 0. The summed E-state index contributed by atoms with van der Waals surface area (Å²) in [4.78, 5) is 4.71. The number of halogens is 1. The van der Waals surface area contributed by atoms with Gasteiger partial charge in [-0.05, 0) is 60.9 Å². The summed E-state index contributed by atoms with van der Waals surface area (Å²) >= 11 is 1.72. The fourth-order valence-electron chi connectivity index (χ4n) is 3.24. The molecule has 0 aromatic carbocycles. The molecule has 1 aromatic heterocycles. The summed E-state index contributed by atoms with van der Waals surface area (Å²) < 4.78 is 5.60. The Kier molecular flexibility index (Phi) is 10.9. The van der Waals surface area contributed by atoms with Gasteiger partial charge in [-0.3, -0.25) is 0 Å². The molecule has 0 spiro atoms. The summed E-state index contributed by atoms with van der Waals surface area (Å²) in [6, 6.07) is 2.14. The van der Waals surface area contributed by atoms with Crippen LogP contribution in [0.25, 0.3) is 0 Å². The Morgan fingerprint density at radius 1 is 1.29 bits per heavy atom. The molecule has 0 amide bonds. The van der Waals surface area contributed by atoms with Crippen LogP contribution in [-0.4, -0.2) is 32.3 Å². The average molecular weight is 465 g/mol. The van der Waals surface area contributed by atoms with Crippen LogP contribution in [0.4, 0.5) is 0 Å². The van der Waals surface area contributed by atoms with Crippen molar-refractivity contribution in [3.63, 3.8) is 0 Å². The minimum absolute atomic E-state index is 0. The maximum atomic E-state index is 5.60. The van der Waals surface area contributed by atoms with Crippen LogP contribution < -0.4 is 10.6 Å². The van der Waals surface area contributed by atoms with Gasteiger partial charge in [0.25, 0.3) is 0 Å². The highest BCUT2D eigenvalue weighted by Crippen LogP contribution is 2.40. The molecule has 0 atom stereocenters. The number of thiophene rings is 1. The molecule has 1 aliphatic rings. The third-order valence-electron chi connectivity index (χ3n) is 4.62. The smallest absolute Gasteiger partial charge is 0.191 e. The Bertz CT molecular complexity index is 459. The van der Waals surface area contributed by atoms with Crippen molar-refractivity contribution in [2.24, 2.45) is 10.4 Å². The molecule has 138 valence electrons. The molecule has 0 saturated heterocycles. The Morgan fingerprint density at radius 3 is 2.71 bits per heavy atom. The van der Waals surface area contributed by atoms with Gasteiger partial charge in [0.2, 0.25) is 0 Å². The summed E-state index contributed by atoms with van der Waals surface area (Å²) in [5.74, 6) is 0.932. The summed E-state index contributed by atoms with van der Waals surface area (Å²) in [6.45, 7) is 8.50. The number of hydrogen-bond donors (Lipinski definition) is 2. The van der Waals surface area contributed by atoms with Crippen molar-refractivity contribution in [3.8, 4) is 0 Å². The summed E-state index contributed by atoms with van der Waals surface area (Å²) in [5.41, 5.74) is 1.66. The summed E-state index contributed by atoms with van der Waals surface area (Å²) in [5, 5.41) is 11.2. The normalized spacial score (nSPS) is 16.7. The van der Waals surface area contributed by atoms with E-state index in [2.05, 4.69) is 41.3 Å². The molecule has 0 radical (unpaired) electrons. The van der Waals surface area contributed by atoms with Gasteiger partial charge >= 0.3 is 0 Å². The zero-order valence-electron chi connectivity index (χ0n) is 15.0. The van der Waals surface area contributed by atoms with E-state index in [9.17, 15) is 0 Å². The number of hydrogen-bond acceptors (Lipinski definition) is 3. The highest BCUT2D eigenvalue weighted by molar-refractivity contribution is 14.0. The first kappa shape index (κ1) is 21.7. The van der Waals surface area contributed by atoms with Crippen LogP contribution in [-0.2, 0) is 11.3 Å². The zero-order chi connectivity index (χ0) is 16.4. The van der Waals surface area contributed by atoms with Gasteiger partial charge in [-0.2, -0.15) is 11.3 Å². The maximum absolute atomic E-state index is 5.60. The number of guanidine groups is 1. The van der Waals surface area contributed by atoms with E-state index in [1.807, 2.05) is 0 Å². The maximum Gasteiger partial charge on any atom is 0.191 e. The molecule has 0 unspecified atom stereocenters. The third kappa shape index (κ3) is 7.27. The average Bonchev–Trinajstić information content (AvgIpc) is 3.23. The molecule has 1 heterocycles. The zero-order valence-corrected chi connectivity index (χ0v) is 18.1. The van der Waals surface area contributed by atoms with Gasteiger partial charge in [0, 0.05) is 26.3 Å². The fourth-order valence-corrected chi connectivity index (χ4v) is 3.90. The van der Waals surface area contributed by atoms with E-state index >= 15 is 0 Å². The monoisotopic (exact) mass is 465 g/mol. The van der Waals surface area contributed by atoms with Crippen LogP contribution in [0.3, 0.4) is 0 Å². The number of rotatable bonds is 9. The van der Waals surface area contributed by atoms with Crippen LogP contribution in [0.5, 0.6) is 0 Å². The molecule has 0 aliphatic heterocycles. The van der Waals surface area contributed by atoms with E-state index < -0.39 is 0 Å². The van der Waals surface area contributed by atoms with Gasteiger partial charge in [-0.15, -0.1) is 24.0 Å². The molecule has 1 aromatic rings. The van der Waals surface area contributed by atoms with E-state index in [1.54, 1.807) is 11.3 Å². The molecule has 4 nitrogen and oxygen atoms in total. The standard InChI is InChI=1S/C18H31N3OS.HI/c1-3-19-17(20-13-16-7-12-23-14-16)21-15-18(8-5-6-9-18)10-11-22-4-2;/h7,12,14H,3-6,8-11,13,15H2,1-2H3,(H2,19,20,21);1H. The highest BCUT2D eigenvalue weighted by atomic mass is 127. The first-order chi connectivity index (χ1) is 11.3. The van der Waals surface area contributed by atoms with Gasteiger partial charge < -0.3 is 15.4 Å². The lowest BCUT2D eigenvalue weighted by Gasteiger charge is -2.30. The fraction of sp³-hybridized carbons (Fsp3) is 0.722. The molecule has 1 aliphatic carbocycles. The second-order valence-electron chi connectivity index (χ2n) is 6.33. The SMILES string of the molecule is CCNC(=NCc1ccsc1)NCC1(CCOCC)CCCC1.I. The van der Waals surface area contributed by atoms with Gasteiger partial charge in [-0.25, -0.2) is 4.99 Å². The number of nitrogens with zero attached hydrogens (tertiary/aromatic N) is 1. The van der Waals surface area contributed by atoms with Crippen molar-refractivity contribution in [2.75, 3.05) is 26.3 Å². The Labute approximate surface area is 167 Å². The molecular formula is C18H32IN3OS. The molecule has 0 bridgehead atoms. The van der Waals surface area contributed by atoms with E-state index in [4.69, 9.17) is 9.73 Å². The first-order valence-corrected chi connectivity index (χ1v) is 9.83. The summed E-state index contributed by atoms with van der Waals surface area (Å²) in [7, 11) is 0. The van der Waals surface area contributed by atoms with E-state index in [1.165, 1.54) is 31.2 Å². The minimum Gasteiger partial charge on any atom is -0.382 e. The largest absolute Gasteiger partial charge is 0.382 e. The number of nitrogens with one attached hydrogen (secondary N) is 2. The van der Waals surface area contributed by atoms with E-state index in [0.29, 0.717) is 5.41 Å². The molecule has 1 saturated carbocycles. The van der Waals surface area contributed by atoms with Crippen LogP contribution in [0.1, 0.15) is 51.5 Å². The molecule has 6 heteroatoms. The lowest BCUT2D eigenvalue weighted by atomic mass is 9.83. The Morgan fingerprint density at radius 2 is 2.08 bits per heavy atom. The molecule has 2 rings (SSSR count). The topological polar surface area (TPSA) is 45.7 Å².